The standard InChI is InChI=1S/C19H21F3N2O2/c1-13(18(25)23-16-6-4-5-7-17(16)26-3)24(2)12-14-8-10-15(11-9-14)19(20,21)22/h4-11,13H,12H2,1-3H3,(H,23,25)/t13-/m1/s1. The summed E-state index contributed by atoms with van der Waals surface area (Å²) in [5.74, 6) is 0.322. The summed E-state index contributed by atoms with van der Waals surface area (Å²) in [7, 11) is 3.26. The molecule has 0 saturated heterocycles. The average molecular weight is 366 g/mol. The van der Waals surface area contributed by atoms with E-state index in [-0.39, 0.29) is 5.91 Å². The van der Waals surface area contributed by atoms with E-state index in [4.69, 9.17) is 4.74 Å². The summed E-state index contributed by atoms with van der Waals surface area (Å²) in [4.78, 5) is 14.2. The first-order valence-electron chi connectivity index (χ1n) is 8.02. The van der Waals surface area contributed by atoms with Crippen LogP contribution in [0.25, 0.3) is 0 Å². The van der Waals surface area contributed by atoms with E-state index in [1.165, 1.54) is 19.2 Å². The number of nitrogens with one attached hydrogen (secondary N) is 1. The second-order valence-electron chi connectivity index (χ2n) is 5.98. The minimum Gasteiger partial charge on any atom is -0.495 e. The van der Waals surface area contributed by atoms with Gasteiger partial charge < -0.3 is 10.1 Å². The van der Waals surface area contributed by atoms with Gasteiger partial charge in [0.25, 0.3) is 0 Å². The van der Waals surface area contributed by atoms with E-state index in [2.05, 4.69) is 5.32 Å². The number of likely N-dealkylation sites (N-methyl/N-ethyl adjacent to an activating group) is 1. The second-order valence-corrected chi connectivity index (χ2v) is 5.98. The van der Waals surface area contributed by atoms with Gasteiger partial charge in [-0.15, -0.1) is 0 Å². The van der Waals surface area contributed by atoms with Gasteiger partial charge in [0.05, 0.1) is 24.4 Å². The van der Waals surface area contributed by atoms with Crippen LogP contribution in [0.2, 0.25) is 0 Å². The molecule has 2 rings (SSSR count). The van der Waals surface area contributed by atoms with Crippen molar-refractivity contribution in [1.82, 2.24) is 4.90 Å². The molecule has 140 valence electrons. The molecule has 4 nitrogen and oxygen atoms in total. The van der Waals surface area contributed by atoms with E-state index in [9.17, 15) is 18.0 Å². The van der Waals surface area contributed by atoms with E-state index in [1.54, 1.807) is 43.1 Å². The van der Waals surface area contributed by atoms with Crippen molar-refractivity contribution < 1.29 is 22.7 Å². The zero-order chi connectivity index (χ0) is 19.3. The minimum atomic E-state index is -4.35. The summed E-state index contributed by atoms with van der Waals surface area (Å²) in [6.07, 6.45) is -4.35. The van der Waals surface area contributed by atoms with Crippen LogP contribution < -0.4 is 10.1 Å². The molecule has 1 amide bonds. The van der Waals surface area contributed by atoms with Gasteiger partial charge in [-0.25, -0.2) is 0 Å². The number of benzene rings is 2. The van der Waals surface area contributed by atoms with Gasteiger partial charge in [0.15, 0.2) is 0 Å². The third-order valence-corrected chi connectivity index (χ3v) is 4.12. The number of carbonyl (C=O) groups is 1. The Kier molecular flexibility index (Phi) is 6.26. The monoisotopic (exact) mass is 366 g/mol. The van der Waals surface area contributed by atoms with Gasteiger partial charge in [0.1, 0.15) is 5.75 Å². The predicted octanol–water partition coefficient (Wildman–Crippen LogP) is 4.17. The number of carbonyl (C=O) groups excluding carboxylic acids is 1. The molecule has 2 aromatic carbocycles. The van der Waals surface area contributed by atoms with Crippen molar-refractivity contribution in [3.8, 4) is 5.75 Å². The number of rotatable bonds is 6. The highest BCUT2D eigenvalue weighted by molar-refractivity contribution is 5.95. The van der Waals surface area contributed by atoms with Gasteiger partial charge in [-0.1, -0.05) is 24.3 Å². The molecule has 2 aromatic rings. The number of nitrogens with zero attached hydrogens (tertiary/aromatic N) is 1. The molecule has 0 heterocycles. The lowest BCUT2D eigenvalue weighted by molar-refractivity contribution is -0.137. The lowest BCUT2D eigenvalue weighted by Gasteiger charge is -2.24. The molecular formula is C19H21F3N2O2. The number of alkyl halides is 3. The van der Waals surface area contributed by atoms with Gasteiger partial charge in [0, 0.05) is 6.54 Å². The average Bonchev–Trinajstić information content (AvgIpc) is 2.61. The first-order chi connectivity index (χ1) is 12.2. The van der Waals surface area contributed by atoms with E-state index < -0.39 is 17.8 Å². The van der Waals surface area contributed by atoms with Crippen molar-refractivity contribution in [3.05, 3.63) is 59.7 Å². The van der Waals surface area contributed by atoms with Crippen molar-refractivity contribution >= 4 is 11.6 Å². The fourth-order valence-electron chi connectivity index (χ4n) is 2.41. The van der Waals surface area contributed by atoms with Gasteiger partial charge in [-0.2, -0.15) is 13.2 Å². The first-order valence-corrected chi connectivity index (χ1v) is 8.02. The molecule has 0 aliphatic rings. The maximum Gasteiger partial charge on any atom is 0.416 e. The van der Waals surface area contributed by atoms with Crippen molar-refractivity contribution in [2.24, 2.45) is 0 Å². The summed E-state index contributed by atoms with van der Waals surface area (Å²) in [5, 5.41) is 2.80. The number of para-hydroxylation sites is 2. The number of halogens is 3. The van der Waals surface area contributed by atoms with Crippen molar-refractivity contribution in [3.63, 3.8) is 0 Å². The fourth-order valence-corrected chi connectivity index (χ4v) is 2.41. The van der Waals surface area contributed by atoms with Crippen LogP contribution in [0.5, 0.6) is 5.75 Å². The third-order valence-electron chi connectivity index (χ3n) is 4.12. The predicted molar refractivity (Wildman–Crippen MR) is 94.0 cm³/mol. The highest BCUT2D eigenvalue weighted by Gasteiger charge is 2.30. The number of amides is 1. The summed E-state index contributed by atoms with van der Waals surface area (Å²) in [6, 6.07) is 11.5. The molecule has 1 atom stereocenters. The molecule has 7 heteroatoms. The van der Waals surface area contributed by atoms with Crippen molar-refractivity contribution in [1.29, 1.82) is 0 Å². The Balaban J connectivity index is 2.00. The summed E-state index contributed by atoms with van der Waals surface area (Å²) >= 11 is 0. The van der Waals surface area contributed by atoms with E-state index >= 15 is 0 Å². The largest absolute Gasteiger partial charge is 0.495 e. The van der Waals surface area contributed by atoms with Crippen LogP contribution in [0.15, 0.2) is 48.5 Å². The third kappa shape index (κ3) is 4.98. The Labute approximate surface area is 150 Å². The van der Waals surface area contributed by atoms with Crippen LogP contribution in [-0.4, -0.2) is 31.0 Å². The number of methoxy groups -OCH3 is 1. The Morgan fingerprint density at radius 3 is 2.35 bits per heavy atom. The Morgan fingerprint density at radius 2 is 1.77 bits per heavy atom. The maximum atomic E-state index is 12.6. The molecule has 0 saturated carbocycles. The molecule has 1 N–H and O–H groups in total. The van der Waals surface area contributed by atoms with E-state index in [0.29, 0.717) is 23.5 Å². The number of hydrogen-bond donors (Lipinski definition) is 1. The SMILES string of the molecule is COc1ccccc1NC(=O)[C@@H](C)N(C)Cc1ccc(C(F)(F)F)cc1. The molecule has 0 fully saturated rings. The van der Waals surface area contributed by atoms with Gasteiger partial charge in [0.2, 0.25) is 5.91 Å². The van der Waals surface area contributed by atoms with Gasteiger partial charge in [-0.3, -0.25) is 9.69 Å². The molecule has 0 aromatic heterocycles. The summed E-state index contributed by atoms with van der Waals surface area (Å²) in [6.45, 7) is 2.08. The van der Waals surface area contributed by atoms with Crippen molar-refractivity contribution in [2.75, 3.05) is 19.5 Å². The normalized spacial score (nSPS) is 12.7. The van der Waals surface area contributed by atoms with Crippen LogP contribution >= 0.6 is 0 Å². The van der Waals surface area contributed by atoms with Crippen molar-refractivity contribution in [2.45, 2.75) is 25.7 Å². The molecule has 26 heavy (non-hydrogen) atoms. The molecule has 0 bridgehead atoms. The lowest BCUT2D eigenvalue weighted by Crippen LogP contribution is -2.39. The van der Waals surface area contributed by atoms with E-state index in [1.807, 2.05) is 0 Å². The van der Waals surface area contributed by atoms with Crippen LogP contribution in [-0.2, 0) is 17.5 Å². The number of anilines is 1. The molecule has 0 spiro atoms. The van der Waals surface area contributed by atoms with Crippen LogP contribution in [0.3, 0.4) is 0 Å². The zero-order valence-electron chi connectivity index (χ0n) is 14.8. The molecular weight excluding hydrogens is 345 g/mol. The Morgan fingerprint density at radius 1 is 1.15 bits per heavy atom. The topological polar surface area (TPSA) is 41.6 Å². The summed E-state index contributed by atoms with van der Waals surface area (Å²) in [5.41, 5.74) is 0.568. The van der Waals surface area contributed by atoms with Gasteiger partial charge in [-0.05, 0) is 43.8 Å². The quantitative estimate of drug-likeness (QED) is 0.834. The maximum absolute atomic E-state index is 12.6. The first kappa shape index (κ1) is 19.8. The number of ether oxygens (including phenoxy) is 1. The minimum absolute atomic E-state index is 0.232. The zero-order valence-corrected chi connectivity index (χ0v) is 14.8. The molecule has 0 aliphatic carbocycles. The highest BCUT2D eigenvalue weighted by Crippen LogP contribution is 2.29. The highest BCUT2D eigenvalue weighted by atomic mass is 19.4. The molecule has 0 unspecified atom stereocenters. The Hall–Kier alpha value is -2.54. The fraction of sp³-hybridized carbons (Fsp3) is 0.316. The smallest absolute Gasteiger partial charge is 0.416 e. The van der Waals surface area contributed by atoms with E-state index in [0.717, 1.165) is 12.1 Å². The lowest BCUT2D eigenvalue weighted by atomic mass is 10.1. The van der Waals surface area contributed by atoms with Gasteiger partial charge >= 0.3 is 6.18 Å². The molecule has 0 radical (unpaired) electrons. The van der Waals surface area contributed by atoms with Crippen LogP contribution in [0, 0.1) is 0 Å². The Bertz CT molecular complexity index is 745. The van der Waals surface area contributed by atoms with Crippen LogP contribution in [0.1, 0.15) is 18.1 Å². The summed E-state index contributed by atoms with van der Waals surface area (Å²) < 4.78 is 43.0. The molecule has 0 aliphatic heterocycles. The number of hydrogen-bond acceptors (Lipinski definition) is 3. The second kappa shape index (κ2) is 8.23. The van der Waals surface area contributed by atoms with Crippen LogP contribution in [0.4, 0.5) is 18.9 Å².